The number of carbonyl (C=O) groups is 2. The van der Waals surface area contributed by atoms with E-state index in [4.69, 9.17) is 21.8 Å². The van der Waals surface area contributed by atoms with Gasteiger partial charge in [-0.1, -0.05) is 23.7 Å². The van der Waals surface area contributed by atoms with Gasteiger partial charge in [-0.2, -0.15) is 0 Å². The van der Waals surface area contributed by atoms with E-state index in [0.717, 1.165) is 24.5 Å². The molecule has 0 saturated heterocycles. The lowest BCUT2D eigenvalue weighted by Gasteiger charge is -2.06. The van der Waals surface area contributed by atoms with Gasteiger partial charge in [-0.3, -0.25) is 0 Å². The Morgan fingerprint density at radius 2 is 1.85 bits per heavy atom. The summed E-state index contributed by atoms with van der Waals surface area (Å²) in [7, 11) is 0. The number of carboxylic acid groups (broad SMARTS) is 2. The Balaban J connectivity index is 0.000000221. The summed E-state index contributed by atoms with van der Waals surface area (Å²) >= 11 is 6.07. The highest BCUT2D eigenvalue weighted by Crippen LogP contribution is 2.22. The molecule has 1 aromatic rings. The second-order valence-corrected chi connectivity index (χ2v) is 4.57. The molecular formula is C14H16ClNO4. The summed E-state index contributed by atoms with van der Waals surface area (Å²) in [6.07, 6.45) is 3.49. The molecule has 5 nitrogen and oxygen atoms in total. The van der Waals surface area contributed by atoms with Crippen molar-refractivity contribution in [3.63, 3.8) is 0 Å². The number of carboxylic acids is 2. The highest BCUT2D eigenvalue weighted by atomic mass is 35.5. The molecule has 1 aliphatic heterocycles. The fourth-order valence-electron chi connectivity index (χ4n) is 1.80. The Hall–Kier alpha value is -1.85. The first kappa shape index (κ1) is 16.2. The Kier molecular flexibility index (Phi) is 6.76. The van der Waals surface area contributed by atoms with Gasteiger partial charge in [0, 0.05) is 23.7 Å². The Morgan fingerprint density at radius 3 is 2.45 bits per heavy atom. The van der Waals surface area contributed by atoms with Crippen LogP contribution in [0.2, 0.25) is 5.02 Å². The second kappa shape index (κ2) is 8.35. The zero-order valence-corrected chi connectivity index (χ0v) is 11.6. The maximum Gasteiger partial charge on any atom is 0.328 e. The van der Waals surface area contributed by atoms with Crippen LogP contribution in [-0.2, 0) is 22.6 Å². The van der Waals surface area contributed by atoms with E-state index in [1.54, 1.807) is 0 Å². The molecular weight excluding hydrogens is 282 g/mol. The predicted molar refractivity (Wildman–Crippen MR) is 75.9 cm³/mol. The molecule has 0 fully saturated rings. The van der Waals surface area contributed by atoms with Crippen molar-refractivity contribution in [1.29, 1.82) is 0 Å². The molecule has 20 heavy (non-hydrogen) atoms. The van der Waals surface area contributed by atoms with Crippen LogP contribution in [0.3, 0.4) is 0 Å². The van der Waals surface area contributed by atoms with Crippen LogP contribution in [-0.4, -0.2) is 28.7 Å². The SMILES string of the molecule is Clc1cccc2c1CNCCC2.O=C(O)C=CC(=O)O. The Bertz CT molecular complexity index is 498. The highest BCUT2D eigenvalue weighted by Gasteiger charge is 2.09. The summed E-state index contributed by atoms with van der Waals surface area (Å²) in [4.78, 5) is 19.1. The second-order valence-electron chi connectivity index (χ2n) is 4.17. The van der Waals surface area contributed by atoms with Crippen LogP contribution in [0.15, 0.2) is 30.4 Å². The van der Waals surface area contributed by atoms with Crippen molar-refractivity contribution in [3.8, 4) is 0 Å². The van der Waals surface area contributed by atoms with Crippen LogP contribution in [0.5, 0.6) is 0 Å². The topological polar surface area (TPSA) is 86.6 Å². The van der Waals surface area contributed by atoms with Gasteiger partial charge in [-0.05, 0) is 36.6 Å². The zero-order chi connectivity index (χ0) is 15.0. The van der Waals surface area contributed by atoms with Gasteiger partial charge in [-0.25, -0.2) is 9.59 Å². The third-order valence-electron chi connectivity index (χ3n) is 2.69. The Labute approximate surface area is 121 Å². The van der Waals surface area contributed by atoms with Crippen molar-refractivity contribution in [2.24, 2.45) is 0 Å². The molecule has 3 N–H and O–H groups in total. The maximum atomic E-state index is 9.55. The quantitative estimate of drug-likeness (QED) is 0.728. The molecule has 6 heteroatoms. The van der Waals surface area contributed by atoms with E-state index in [1.807, 2.05) is 12.1 Å². The van der Waals surface area contributed by atoms with Gasteiger partial charge in [0.25, 0.3) is 0 Å². The van der Waals surface area contributed by atoms with Crippen LogP contribution in [0, 0.1) is 0 Å². The van der Waals surface area contributed by atoms with Gasteiger partial charge in [0.15, 0.2) is 0 Å². The number of benzene rings is 1. The monoisotopic (exact) mass is 297 g/mol. The third kappa shape index (κ3) is 5.86. The molecule has 0 spiro atoms. The first-order valence-electron chi connectivity index (χ1n) is 6.11. The lowest BCUT2D eigenvalue weighted by Crippen LogP contribution is -2.12. The van der Waals surface area contributed by atoms with Crippen molar-refractivity contribution >= 4 is 23.5 Å². The average Bonchev–Trinajstić information content (AvgIpc) is 2.63. The minimum Gasteiger partial charge on any atom is -0.478 e. The van der Waals surface area contributed by atoms with Crippen LogP contribution in [0.25, 0.3) is 0 Å². The maximum absolute atomic E-state index is 9.55. The number of nitrogens with one attached hydrogen (secondary N) is 1. The summed E-state index contributed by atoms with van der Waals surface area (Å²) in [5.74, 6) is -2.51. The van der Waals surface area contributed by atoms with Crippen LogP contribution >= 0.6 is 11.6 Å². The predicted octanol–water partition coefficient (Wildman–Crippen LogP) is 2.09. The summed E-state index contributed by atoms with van der Waals surface area (Å²) in [6.45, 7) is 2.03. The standard InChI is InChI=1S/C10H12ClN.C4H4O4/c11-10-5-1-3-8-4-2-6-12-7-9(8)10;5-3(6)1-2-4(7)8/h1,3,5,12H,2,4,6-7H2;1-2H,(H,5,6)(H,7,8). The van der Waals surface area contributed by atoms with Gasteiger partial charge in [0.1, 0.15) is 0 Å². The van der Waals surface area contributed by atoms with Gasteiger partial charge < -0.3 is 15.5 Å². The number of hydrogen-bond acceptors (Lipinski definition) is 3. The number of aryl methyl sites for hydroxylation is 1. The van der Waals surface area contributed by atoms with Crippen molar-refractivity contribution in [1.82, 2.24) is 5.32 Å². The molecule has 0 aromatic heterocycles. The van der Waals surface area contributed by atoms with E-state index in [2.05, 4.69) is 11.4 Å². The molecule has 0 saturated carbocycles. The number of fused-ring (bicyclic) bond motifs is 1. The van der Waals surface area contributed by atoms with E-state index in [9.17, 15) is 9.59 Å². The normalized spacial score (nSPS) is 13.8. The lowest BCUT2D eigenvalue weighted by molar-refractivity contribution is -0.134. The van der Waals surface area contributed by atoms with Gasteiger partial charge in [0.05, 0.1) is 0 Å². The first-order valence-corrected chi connectivity index (χ1v) is 6.49. The van der Waals surface area contributed by atoms with Gasteiger partial charge in [0.2, 0.25) is 0 Å². The van der Waals surface area contributed by atoms with Crippen LogP contribution in [0.4, 0.5) is 0 Å². The summed E-state index contributed by atoms with van der Waals surface area (Å²) < 4.78 is 0. The molecule has 0 radical (unpaired) electrons. The fourth-order valence-corrected chi connectivity index (χ4v) is 2.06. The minimum atomic E-state index is -1.26. The van der Waals surface area contributed by atoms with Crippen molar-refractivity contribution in [3.05, 3.63) is 46.5 Å². The van der Waals surface area contributed by atoms with Crippen LogP contribution in [0.1, 0.15) is 17.5 Å². The van der Waals surface area contributed by atoms with E-state index in [1.165, 1.54) is 17.5 Å². The molecule has 1 aliphatic rings. The number of rotatable bonds is 2. The molecule has 0 aliphatic carbocycles. The molecule has 1 aromatic carbocycles. The molecule has 108 valence electrons. The van der Waals surface area contributed by atoms with Gasteiger partial charge >= 0.3 is 11.9 Å². The number of aliphatic carboxylic acids is 2. The lowest BCUT2D eigenvalue weighted by atomic mass is 10.0. The minimum absolute atomic E-state index is 0.558. The first-order chi connectivity index (χ1) is 9.50. The smallest absolute Gasteiger partial charge is 0.328 e. The summed E-state index contributed by atoms with van der Waals surface area (Å²) in [5.41, 5.74) is 2.70. The largest absolute Gasteiger partial charge is 0.478 e. The van der Waals surface area contributed by atoms with Crippen molar-refractivity contribution < 1.29 is 19.8 Å². The molecule has 0 atom stereocenters. The molecule has 0 unspecified atom stereocenters. The highest BCUT2D eigenvalue weighted by molar-refractivity contribution is 6.31. The van der Waals surface area contributed by atoms with E-state index >= 15 is 0 Å². The Morgan fingerprint density at radius 1 is 1.20 bits per heavy atom. The number of halogens is 1. The molecule has 0 amide bonds. The zero-order valence-electron chi connectivity index (χ0n) is 10.8. The van der Waals surface area contributed by atoms with Crippen molar-refractivity contribution in [2.75, 3.05) is 6.54 Å². The average molecular weight is 298 g/mol. The summed E-state index contributed by atoms with van der Waals surface area (Å²) in [5, 5.41) is 19.9. The fraction of sp³-hybridized carbons (Fsp3) is 0.286. The van der Waals surface area contributed by atoms with E-state index < -0.39 is 11.9 Å². The number of hydrogen-bond donors (Lipinski definition) is 3. The summed E-state index contributed by atoms with van der Waals surface area (Å²) in [6, 6.07) is 6.17. The molecule has 1 heterocycles. The van der Waals surface area contributed by atoms with E-state index in [0.29, 0.717) is 12.2 Å². The third-order valence-corrected chi connectivity index (χ3v) is 3.04. The van der Waals surface area contributed by atoms with Crippen molar-refractivity contribution in [2.45, 2.75) is 19.4 Å². The molecule has 0 bridgehead atoms. The van der Waals surface area contributed by atoms with Gasteiger partial charge in [-0.15, -0.1) is 0 Å². The molecule has 2 rings (SSSR count). The van der Waals surface area contributed by atoms with E-state index in [-0.39, 0.29) is 0 Å². The van der Waals surface area contributed by atoms with Crippen LogP contribution < -0.4 is 5.32 Å².